The summed E-state index contributed by atoms with van der Waals surface area (Å²) in [6.45, 7) is 16.6. The van der Waals surface area contributed by atoms with Crippen molar-refractivity contribution < 1.29 is 18.9 Å². The summed E-state index contributed by atoms with van der Waals surface area (Å²) in [5, 5.41) is 10.8. The molecule has 146 valence electrons. The second-order valence-electron chi connectivity index (χ2n) is 9.37. The van der Waals surface area contributed by atoms with Crippen LogP contribution in [0.25, 0.3) is 0 Å². The first-order chi connectivity index (χ1) is 11.1. The maximum atomic E-state index is 12.5. The molecule has 0 aliphatic carbocycles. The van der Waals surface area contributed by atoms with Gasteiger partial charge < -0.3 is 14.1 Å². The molecule has 1 amide bonds. The van der Waals surface area contributed by atoms with Crippen LogP contribution in [0.5, 0.6) is 0 Å². The van der Waals surface area contributed by atoms with E-state index >= 15 is 0 Å². The van der Waals surface area contributed by atoms with Crippen molar-refractivity contribution in [3.05, 3.63) is 10.1 Å². The zero-order valence-corrected chi connectivity index (χ0v) is 17.9. The summed E-state index contributed by atoms with van der Waals surface area (Å²) in [6, 6.07) is -0.213. The lowest BCUT2D eigenvalue weighted by molar-refractivity contribution is -0.481. The summed E-state index contributed by atoms with van der Waals surface area (Å²) < 4.78 is 11.9. The Balaban J connectivity index is 2.86. The molecule has 0 aromatic rings. The Labute approximate surface area is 152 Å². The van der Waals surface area contributed by atoms with Crippen LogP contribution in [-0.4, -0.2) is 55.1 Å². The van der Waals surface area contributed by atoms with E-state index in [4.69, 9.17) is 9.16 Å². The Morgan fingerprint density at radius 3 is 2.24 bits per heavy atom. The number of likely N-dealkylation sites (tertiary alicyclic amines) is 1. The third-order valence-corrected chi connectivity index (χ3v) is 9.45. The predicted molar refractivity (Wildman–Crippen MR) is 99.9 cm³/mol. The molecule has 0 radical (unpaired) electrons. The lowest BCUT2D eigenvalue weighted by atomic mass is 10.1. The quantitative estimate of drug-likeness (QED) is 0.412. The fourth-order valence-electron chi connectivity index (χ4n) is 2.62. The molecule has 0 N–H and O–H groups in total. The van der Waals surface area contributed by atoms with Crippen LogP contribution in [0.3, 0.4) is 0 Å². The Kier molecular flexibility index (Phi) is 6.67. The van der Waals surface area contributed by atoms with Crippen LogP contribution in [-0.2, 0) is 9.16 Å². The third-order valence-electron chi connectivity index (χ3n) is 4.92. The fraction of sp³-hybridized carbons (Fsp3) is 0.941. The van der Waals surface area contributed by atoms with Crippen molar-refractivity contribution in [1.29, 1.82) is 0 Å². The number of carbonyl (C=O) groups is 1. The summed E-state index contributed by atoms with van der Waals surface area (Å²) in [5.74, 6) is 0. The summed E-state index contributed by atoms with van der Waals surface area (Å²) in [5.41, 5.74) is -0.594. The van der Waals surface area contributed by atoms with Gasteiger partial charge in [-0.1, -0.05) is 20.8 Å². The molecule has 0 saturated carbocycles. The average Bonchev–Trinajstić information content (AvgIpc) is 2.75. The second kappa shape index (κ2) is 7.61. The maximum Gasteiger partial charge on any atom is 0.410 e. The van der Waals surface area contributed by atoms with Gasteiger partial charge in [0.2, 0.25) is 6.54 Å². The number of ether oxygens (including phenoxy) is 1. The summed E-state index contributed by atoms with van der Waals surface area (Å²) in [4.78, 5) is 24.5. The van der Waals surface area contributed by atoms with Crippen molar-refractivity contribution in [2.75, 3.05) is 13.1 Å². The van der Waals surface area contributed by atoms with Gasteiger partial charge in [0, 0.05) is 23.9 Å². The monoisotopic (exact) mass is 374 g/mol. The van der Waals surface area contributed by atoms with Crippen LogP contribution in [0.2, 0.25) is 18.1 Å². The molecule has 0 aromatic heterocycles. The number of hydrogen-bond acceptors (Lipinski definition) is 5. The number of nitro groups is 1. The van der Waals surface area contributed by atoms with Crippen LogP contribution in [0.15, 0.2) is 0 Å². The van der Waals surface area contributed by atoms with Gasteiger partial charge in [-0.25, -0.2) is 4.79 Å². The molecular formula is C17H34N2O5Si. The van der Waals surface area contributed by atoms with E-state index in [0.717, 1.165) is 0 Å². The molecule has 0 bridgehead atoms. The van der Waals surface area contributed by atoms with Crippen LogP contribution in [0.4, 0.5) is 4.79 Å². The normalized spacial score (nSPS) is 22.2. The maximum absolute atomic E-state index is 12.5. The molecule has 0 unspecified atom stereocenters. The van der Waals surface area contributed by atoms with Crippen molar-refractivity contribution in [2.24, 2.45) is 0 Å². The minimum Gasteiger partial charge on any atom is -0.444 e. The molecule has 1 rings (SSSR count). The Hall–Kier alpha value is -1.15. The molecule has 7 nitrogen and oxygen atoms in total. The van der Waals surface area contributed by atoms with Gasteiger partial charge in [-0.2, -0.15) is 0 Å². The number of nitrogens with zero attached hydrogens (tertiary/aromatic N) is 2. The highest BCUT2D eigenvalue weighted by Gasteiger charge is 2.44. The highest BCUT2D eigenvalue weighted by molar-refractivity contribution is 6.74. The topological polar surface area (TPSA) is 81.9 Å². The molecule has 1 aliphatic heterocycles. The van der Waals surface area contributed by atoms with E-state index in [1.165, 1.54) is 0 Å². The van der Waals surface area contributed by atoms with Gasteiger partial charge >= 0.3 is 6.09 Å². The smallest absolute Gasteiger partial charge is 0.410 e. The minimum atomic E-state index is -1.97. The summed E-state index contributed by atoms with van der Waals surface area (Å²) in [6.07, 6.45) is 0.441. The zero-order chi connectivity index (χ0) is 19.6. The van der Waals surface area contributed by atoms with Gasteiger partial charge in [0.15, 0.2) is 8.32 Å². The highest BCUT2D eigenvalue weighted by Crippen LogP contribution is 2.39. The molecule has 0 spiro atoms. The Morgan fingerprint density at radius 2 is 1.80 bits per heavy atom. The first-order valence-corrected chi connectivity index (χ1v) is 11.8. The van der Waals surface area contributed by atoms with Gasteiger partial charge in [-0.05, 0) is 45.3 Å². The van der Waals surface area contributed by atoms with Crippen molar-refractivity contribution in [3.63, 3.8) is 0 Å². The van der Waals surface area contributed by atoms with Gasteiger partial charge in [-0.3, -0.25) is 10.1 Å². The number of carbonyl (C=O) groups excluding carboxylic acids is 1. The Bertz CT molecular complexity index is 496. The Morgan fingerprint density at radius 1 is 1.24 bits per heavy atom. The van der Waals surface area contributed by atoms with Crippen LogP contribution in [0.1, 0.15) is 54.4 Å². The largest absolute Gasteiger partial charge is 0.444 e. The molecule has 2 atom stereocenters. The lowest BCUT2D eigenvalue weighted by Crippen LogP contribution is -2.45. The van der Waals surface area contributed by atoms with Gasteiger partial charge in [0.25, 0.3) is 0 Å². The number of hydrogen-bond donors (Lipinski definition) is 0. The third kappa shape index (κ3) is 6.58. The predicted octanol–water partition coefficient (Wildman–Crippen LogP) is 4.05. The van der Waals surface area contributed by atoms with E-state index in [1.807, 2.05) is 20.8 Å². The van der Waals surface area contributed by atoms with Crippen molar-refractivity contribution >= 4 is 14.4 Å². The van der Waals surface area contributed by atoms with Gasteiger partial charge in [0.1, 0.15) is 5.60 Å². The molecule has 25 heavy (non-hydrogen) atoms. The molecule has 1 fully saturated rings. The second-order valence-corrected chi connectivity index (χ2v) is 14.1. The van der Waals surface area contributed by atoms with Crippen LogP contribution < -0.4 is 0 Å². The van der Waals surface area contributed by atoms with Crippen molar-refractivity contribution in [3.8, 4) is 0 Å². The average molecular weight is 375 g/mol. The van der Waals surface area contributed by atoms with Gasteiger partial charge in [0.05, 0.1) is 6.10 Å². The number of rotatable bonds is 5. The molecule has 8 heteroatoms. The van der Waals surface area contributed by atoms with Crippen molar-refractivity contribution in [2.45, 2.75) is 90.3 Å². The van der Waals surface area contributed by atoms with E-state index in [0.29, 0.717) is 19.4 Å². The minimum absolute atomic E-state index is 0.0721. The van der Waals surface area contributed by atoms with Crippen LogP contribution in [0, 0.1) is 10.1 Å². The fourth-order valence-corrected chi connectivity index (χ4v) is 3.98. The molecule has 1 saturated heterocycles. The van der Waals surface area contributed by atoms with E-state index in [9.17, 15) is 14.9 Å². The zero-order valence-electron chi connectivity index (χ0n) is 16.9. The molecule has 1 aliphatic rings. The SMILES string of the molecule is CC(C)(C)OC(=O)N1C[C@H](O[Si](C)(C)C(C)(C)C)C[C@@H]1CC[N+](=O)[O-]. The summed E-state index contributed by atoms with van der Waals surface area (Å²) >= 11 is 0. The standard InChI is InChI=1S/C17H34N2O5Si/c1-16(2,3)23-15(20)18-12-14(11-13(18)9-10-19(21)22)24-25(7,8)17(4,5)6/h13-14H,9-12H2,1-8H3/t13-,14+/m0/s1. The highest BCUT2D eigenvalue weighted by atomic mass is 28.4. The van der Waals surface area contributed by atoms with E-state index in [-0.39, 0.29) is 28.7 Å². The van der Waals surface area contributed by atoms with Crippen molar-refractivity contribution in [1.82, 2.24) is 4.90 Å². The van der Waals surface area contributed by atoms with E-state index in [1.54, 1.807) is 4.90 Å². The lowest BCUT2D eigenvalue weighted by Gasteiger charge is -2.38. The van der Waals surface area contributed by atoms with E-state index in [2.05, 4.69) is 33.9 Å². The first kappa shape index (κ1) is 21.9. The van der Waals surface area contributed by atoms with Gasteiger partial charge in [-0.15, -0.1) is 0 Å². The first-order valence-electron chi connectivity index (χ1n) is 8.91. The molecule has 1 heterocycles. The molecule has 0 aromatic carbocycles. The van der Waals surface area contributed by atoms with E-state index < -0.39 is 20.0 Å². The summed E-state index contributed by atoms with van der Waals surface area (Å²) in [7, 11) is -1.97. The number of amides is 1. The molecular weight excluding hydrogens is 340 g/mol. The van der Waals surface area contributed by atoms with Crippen LogP contribution >= 0.6 is 0 Å².